The van der Waals surface area contributed by atoms with Crippen molar-refractivity contribution in [1.82, 2.24) is 0 Å². The number of benzene rings is 2. The van der Waals surface area contributed by atoms with Gasteiger partial charge in [0.05, 0.1) is 12.3 Å². The Labute approximate surface area is 137 Å². The molecule has 0 saturated heterocycles. The quantitative estimate of drug-likeness (QED) is 0.866. The lowest BCUT2D eigenvalue weighted by molar-refractivity contribution is -0.274. The summed E-state index contributed by atoms with van der Waals surface area (Å²) in [6, 6.07) is 10.1. The van der Waals surface area contributed by atoms with E-state index in [1.165, 1.54) is 24.3 Å². The van der Waals surface area contributed by atoms with E-state index >= 15 is 0 Å². The molecule has 1 N–H and O–H groups in total. The van der Waals surface area contributed by atoms with Crippen LogP contribution < -0.4 is 14.7 Å². The Morgan fingerprint density at radius 2 is 1.62 bits per heavy atom. The minimum atomic E-state index is -4.72. The third kappa shape index (κ3) is 4.33. The fourth-order valence-electron chi connectivity index (χ4n) is 2.17. The summed E-state index contributed by atoms with van der Waals surface area (Å²) in [4.78, 5) is 4.96. The number of ether oxygens (including phenoxy) is 2. The summed E-state index contributed by atoms with van der Waals surface area (Å²) >= 11 is 0. The van der Waals surface area contributed by atoms with Crippen LogP contribution in [0, 0.1) is 0 Å². The fraction of sp³-hybridized carbons (Fsp3) is 0.200. The zero-order valence-electron chi connectivity index (χ0n) is 12.3. The average molecular weight is 338 g/mol. The third-order valence-electron chi connectivity index (χ3n) is 3.14. The first kappa shape index (κ1) is 18.0. The Balaban J connectivity index is 0.00000208. The van der Waals surface area contributed by atoms with Crippen LogP contribution in [-0.4, -0.2) is 26.6 Å². The van der Waals surface area contributed by atoms with Gasteiger partial charge in [0.25, 0.3) is 0 Å². The van der Waals surface area contributed by atoms with Gasteiger partial charge in [0.15, 0.2) is 0 Å². The topological polar surface area (TPSA) is 51.2 Å². The molecule has 0 aromatic heterocycles. The van der Waals surface area contributed by atoms with Crippen LogP contribution in [0.3, 0.4) is 0 Å². The second kappa shape index (κ2) is 7.02. The lowest BCUT2D eigenvalue weighted by Gasteiger charge is -2.24. The van der Waals surface area contributed by atoms with Crippen molar-refractivity contribution >= 4 is 14.1 Å². The SMILES string of the molecule is ON1OCCc2cc(Oc3ccc(OC(F)(F)F)cc3)ccc21.[B]. The van der Waals surface area contributed by atoms with E-state index < -0.39 is 6.36 Å². The molecular formula is C15H12BF3NO4. The predicted molar refractivity (Wildman–Crippen MR) is 79.3 cm³/mol. The van der Waals surface area contributed by atoms with E-state index in [2.05, 4.69) is 4.74 Å². The van der Waals surface area contributed by atoms with Gasteiger partial charge in [0.2, 0.25) is 0 Å². The molecule has 1 aliphatic rings. The van der Waals surface area contributed by atoms with Crippen LogP contribution in [0.4, 0.5) is 18.9 Å². The van der Waals surface area contributed by atoms with Gasteiger partial charge in [-0.25, -0.2) is 4.84 Å². The highest BCUT2D eigenvalue weighted by atomic mass is 19.4. The number of hydrogen-bond acceptors (Lipinski definition) is 5. The molecule has 125 valence electrons. The lowest BCUT2D eigenvalue weighted by atomic mass is 10.1. The molecule has 2 aromatic rings. The zero-order chi connectivity index (χ0) is 16.4. The zero-order valence-corrected chi connectivity index (χ0v) is 12.3. The predicted octanol–water partition coefficient (Wildman–Crippen LogP) is 3.68. The third-order valence-corrected chi connectivity index (χ3v) is 3.14. The average Bonchev–Trinajstić information content (AvgIpc) is 2.48. The van der Waals surface area contributed by atoms with Crippen molar-refractivity contribution < 1.29 is 32.7 Å². The highest BCUT2D eigenvalue weighted by Crippen LogP contribution is 2.32. The Morgan fingerprint density at radius 1 is 1.00 bits per heavy atom. The molecule has 0 spiro atoms. The van der Waals surface area contributed by atoms with Gasteiger partial charge in [-0.15, -0.1) is 18.4 Å². The maximum Gasteiger partial charge on any atom is 0.573 e. The van der Waals surface area contributed by atoms with Crippen LogP contribution in [0.25, 0.3) is 0 Å². The van der Waals surface area contributed by atoms with Crippen molar-refractivity contribution in [3.8, 4) is 17.2 Å². The minimum absolute atomic E-state index is 0. The summed E-state index contributed by atoms with van der Waals surface area (Å²) in [6.45, 7) is 0.344. The molecule has 0 bridgehead atoms. The molecule has 3 radical (unpaired) electrons. The van der Waals surface area contributed by atoms with Crippen LogP contribution >= 0.6 is 0 Å². The maximum absolute atomic E-state index is 12.1. The van der Waals surface area contributed by atoms with Gasteiger partial charge in [0.1, 0.15) is 17.2 Å². The van der Waals surface area contributed by atoms with Gasteiger partial charge in [-0.3, -0.25) is 5.21 Å². The largest absolute Gasteiger partial charge is 0.573 e. The number of rotatable bonds is 3. The molecule has 9 heteroatoms. The second-order valence-corrected chi connectivity index (χ2v) is 4.77. The summed E-state index contributed by atoms with van der Waals surface area (Å²) in [6.07, 6.45) is -4.11. The minimum Gasteiger partial charge on any atom is -0.457 e. The van der Waals surface area contributed by atoms with Gasteiger partial charge in [0, 0.05) is 14.8 Å². The molecule has 0 atom stereocenters. The van der Waals surface area contributed by atoms with Crippen LogP contribution in [0.15, 0.2) is 42.5 Å². The molecule has 0 amide bonds. The molecule has 0 fully saturated rings. The Morgan fingerprint density at radius 3 is 2.29 bits per heavy atom. The lowest BCUT2D eigenvalue weighted by Crippen LogP contribution is -2.26. The standard InChI is InChI=1S/C15H12F3NO4.B/c16-15(17,18)23-12-3-1-11(2-4-12)22-13-5-6-14-10(9-13)7-8-21-19(14)20;/h1-6,9,20H,7-8H2;. The van der Waals surface area contributed by atoms with Gasteiger partial charge in [-0.2, -0.15) is 0 Å². The molecule has 3 rings (SSSR count). The normalized spacial score (nSPS) is 13.8. The van der Waals surface area contributed by atoms with E-state index in [0.29, 0.717) is 35.4 Å². The van der Waals surface area contributed by atoms with E-state index in [-0.39, 0.29) is 14.2 Å². The van der Waals surface area contributed by atoms with Crippen molar-refractivity contribution in [3.63, 3.8) is 0 Å². The first-order chi connectivity index (χ1) is 10.9. The summed E-state index contributed by atoms with van der Waals surface area (Å²) in [5, 5.41) is 10.2. The van der Waals surface area contributed by atoms with E-state index in [0.717, 1.165) is 5.56 Å². The first-order valence-corrected chi connectivity index (χ1v) is 6.69. The highest BCUT2D eigenvalue weighted by molar-refractivity contribution is 5.75. The monoisotopic (exact) mass is 338 g/mol. The van der Waals surface area contributed by atoms with Crippen LogP contribution in [-0.2, 0) is 11.3 Å². The van der Waals surface area contributed by atoms with E-state index in [9.17, 15) is 18.4 Å². The fourth-order valence-corrected chi connectivity index (χ4v) is 2.17. The smallest absolute Gasteiger partial charge is 0.457 e. The number of fused-ring (bicyclic) bond motifs is 1. The van der Waals surface area contributed by atoms with E-state index in [1.807, 2.05) is 0 Å². The number of halogens is 3. The van der Waals surface area contributed by atoms with E-state index in [4.69, 9.17) is 9.57 Å². The maximum atomic E-state index is 12.1. The number of hydrogen-bond donors (Lipinski definition) is 1. The van der Waals surface area contributed by atoms with Crippen LogP contribution in [0.5, 0.6) is 17.2 Å². The molecule has 24 heavy (non-hydrogen) atoms. The van der Waals surface area contributed by atoms with Crippen molar-refractivity contribution in [3.05, 3.63) is 48.0 Å². The summed E-state index contributed by atoms with van der Waals surface area (Å²) < 4.78 is 45.7. The van der Waals surface area contributed by atoms with Gasteiger partial charge >= 0.3 is 6.36 Å². The molecule has 1 heterocycles. The first-order valence-electron chi connectivity index (χ1n) is 6.69. The van der Waals surface area contributed by atoms with Gasteiger partial charge in [-0.1, -0.05) is 0 Å². The Kier molecular flexibility index (Phi) is 5.25. The molecule has 0 saturated carbocycles. The number of alkyl halides is 3. The second-order valence-electron chi connectivity index (χ2n) is 4.77. The van der Waals surface area contributed by atoms with Gasteiger partial charge < -0.3 is 9.47 Å². The Bertz CT molecular complexity index is 694. The molecule has 2 aromatic carbocycles. The molecule has 5 nitrogen and oxygen atoms in total. The molecule has 0 aliphatic carbocycles. The van der Waals surface area contributed by atoms with Crippen molar-refractivity contribution in [1.29, 1.82) is 0 Å². The summed E-state index contributed by atoms with van der Waals surface area (Å²) in [5.41, 5.74) is 1.37. The number of nitrogens with zero attached hydrogens (tertiary/aromatic N) is 1. The van der Waals surface area contributed by atoms with Crippen LogP contribution in [0.1, 0.15) is 5.56 Å². The Hall–Kier alpha value is -2.39. The molecular weight excluding hydrogens is 326 g/mol. The van der Waals surface area contributed by atoms with E-state index in [1.54, 1.807) is 18.2 Å². The van der Waals surface area contributed by atoms with Crippen molar-refractivity contribution in [2.75, 3.05) is 11.8 Å². The van der Waals surface area contributed by atoms with Crippen LogP contribution in [0.2, 0.25) is 0 Å². The van der Waals surface area contributed by atoms with Crippen molar-refractivity contribution in [2.45, 2.75) is 12.8 Å². The summed E-state index contributed by atoms with van der Waals surface area (Å²) in [5.74, 6) is 0.555. The molecule has 1 aliphatic heterocycles. The summed E-state index contributed by atoms with van der Waals surface area (Å²) in [7, 11) is 0. The number of anilines is 1. The molecule has 0 unspecified atom stereocenters. The van der Waals surface area contributed by atoms with Crippen molar-refractivity contribution in [2.24, 2.45) is 0 Å². The highest BCUT2D eigenvalue weighted by Gasteiger charge is 2.31. The van der Waals surface area contributed by atoms with Gasteiger partial charge in [-0.05, 0) is 48.0 Å².